The quantitative estimate of drug-likeness (QED) is 0.132. The molecule has 0 saturated heterocycles. The van der Waals surface area contributed by atoms with Gasteiger partial charge in [0.1, 0.15) is 0 Å². The lowest BCUT2D eigenvalue weighted by atomic mass is 10.0. The first-order chi connectivity index (χ1) is 15.1. The van der Waals surface area contributed by atoms with Gasteiger partial charge in [-0.3, -0.25) is 9.59 Å². The van der Waals surface area contributed by atoms with Crippen molar-refractivity contribution in [3.8, 4) is 0 Å². The molecule has 0 aliphatic heterocycles. The number of carbonyl (C=O) groups is 2. The van der Waals surface area contributed by atoms with E-state index >= 15 is 0 Å². The van der Waals surface area contributed by atoms with Gasteiger partial charge in [0, 0.05) is 12.8 Å². The normalized spacial score (nSPS) is 11.1. The fraction of sp³-hybridized carbons (Fsp3) is 0.926. The molecule has 0 aromatic heterocycles. The molecular formula is C27H52O4. The van der Waals surface area contributed by atoms with Crippen LogP contribution in [0.4, 0.5) is 0 Å². The van der Waals surface area contributed by atoms with Crippen LogP contribution in [0.15, 0.2) is 0 Å². The van der Waals surface area contributed by atoms with Crippen LogP contribution >= 0.6 is 0 Å². The molecule has 0 unspecified atom stereocenters. The number of hydrogen-bond donors (Lipinski definition) is 2. The topological polar surface area (TPSA) is 74.6 Å². The highest BCUT2D eigenvalue weighted by Crippen LogP contribution is 2.15. The van der Waals surface area contributed by atoms with Crippen molar-refractivity contribution in [2.75, 3.05) is 0 Å². The van der Waals surface area contributed by atoms with E-state index in [0.29, 0.717) is 12.8 Å². The summed E-state index contributed by atoms with van der Waals surface area (Å²) in [6, 6.07) is 0. The highest BCUT2D eigenvalue weighted by atomic mass is 16.4. The van der Waals surface area contributed by atoms with Crippen molar-refractivity contribution in [3.05, 3.63) is 0 Å². The summed E-state index contributed by atoms with van der Waals surface area (Å²) in [5.74, 6) is -1.32. The van der Waals surface area contributed by atoms with E-state index in [9.17, 15) is 9.59 Å². The Hall–Kier alpha value is -1.06. The highest BCUT2D eigenvalue weighted by Gasteiger charge is 1.98. The summed E-state index contributed by atoms with van der Waals surface area (Å²) in [6.07, 6.45) is 30.1. The summed E-state index contributed by atoms with van der Waals surface area (Å²) in [4.78, 5) is 20.8. The molecule has 0 spiro atoms. The number of hydrogen-bond acceptors (Lipinski definition) is 2. The first kappa shape index (κ1) is 29.9. The maximum atomic E-state index is 10.4. The Labute approximate surface area is 192 Å². The molecule has 0 aliphatic rings. The van der Waals surface area contributed by atoms with Crippen LogP contribution in [0.3, 0.4) is 0 Å². The second kappa shape index (κ2) is 25.2. The van der Waals surface area contributed by atoms with Crippen LogP contribution in [0.5, 0.6) is 0 Å². The molecule has 0 aliphatic carbocycles. The van der Waals surface area contributed by atoms with Crippen molar-refractivity contribution in [3.63, 3.8) is 0 Å². The lowest BCUT2D eigenvalue weighted by molar-refractivity contribution is -0.138. The van der Waals surface area contributed by atoms with Gasteiger partial charge in [-0.15, -0.1) is 0 Å². The minimum Gasteiger partial charge on any atom is -0.481 e. The van der Waals surface area contributed by atoms with Crippen LogP contribution in [0, 0.1) is 0 Å². The Morgan fingerprint density at radius 3 is 0.548 bits per heavy atom. The fourth-order valence-electron chi connectivity index (χ4n) is 4.26. The lowest BCUT2D eigenvalue weighted by Crippen LogP contribution is -1.93. The second-order valence-corrected chi connectivity index (χ2v) is 9.42. The van der Waals surface area contributed by atoms with Crippen molar-refractivity contribution >= 4 is 11.9 Å². The predicted octanol–water partition coefficient (Wildman–Crippen LogP) is 8.91. The molecule has 0 aromatic rings. The molecule has 0 aromatic carbocycles. The number of carboxylic acid groups (broad SMARTS) is 2. The van der Waals surface area contributed by atoms with E-state index in [1.54, 1.807) is 0 Å². The molecule has 184 valence electrons. The molecule has 0 amide bonds. The molecule has 2 N–H and O–H groups in total. The Morgan fingerprint density at radius 1 is 0.290 bits per heavy atom. The van der Waals surface area contributed by atoms with Crippen molar-refractivity contribution < 1.29 is 19.8 Å². The van der Waals surface area contributed by atoms with Crippen LogP contribution in [0.2, 0.25) is 0 Å². The SMILES string of the molecule is O=C(O)CCCCCCCCCCCCCCCCCCCCCCCCCC(=O)O. The third-order valence-electron chi connectivity index (χ3n) is 6.28. The van der Waals surface area contributed by atoms with Crippen molar-refractivity contribution in [1.82, 2.24) is 0 Å². The van der Waals surface area contributed by atoms with Crippen LogP contribution in [0.1, 0.15) is 161 Å². The average molecular weight is 441 g/mol. The maximum absolute atomic E-state index is 10.4. The zero-order chi connectivity index (χ0) is 22.8. The molecule has 0 atom stereocenters. The summed E-state index contributed by atoms with van der Waals surface area (Å²) in [7, 11) is 0. The molecule has 0 saturated carbocycles. The zero-order valence-electron chi connectivity index (χ0n) is 20.4. The number of aliphatic carboxylic acids is 2. The molecule has 0 rings (SSSR count). The summed E-state index contributed by atoms with van der Waals surface area (Å²) in [5, 5.41) is 17.2. The minimum absolute atomic E-state index is 0.333. The van der Waals surface area contributed by atoms with Gasteiger partial charge >= 0.3 is 11.9 Å². The van der Waals surface area contributed by atoms with Gasteiger partial charge in [0.15, 0.2) is 0 Å². The number of rotatable bonds is 26. The van der Waals surface area contributed by atoms with Crippen molar-refractivity contribution in [1.29, 1.82) is 0 Å². The van der Waals surface area contributed by atoms with Gasteiger partial charge in [-0.1, -0.05) is 135 Å². The molecule has 0 heterocycles. The Kier molecular flexibility index (Phi) is 24.3. The smallest absolute Gasteiger partial charge is 0.303 e. The predicted molar refractivity (Wildman–Crippen MR) is 131 cm³/mol. The molecule has 4 heteroatoms. The van der Waals surface area contributed by atoms with Gasteiger partial charge in [0.25, 0.3) is 0 Å². The Bertz CT molecular complexity index is 359. The molecule has 4 nitrogen and oxygen atoms in total. The third kappa shape index (κ3) is 28.9. The van der Waals surface area contributed by atoms with E-state index in [1.165, 1.54) is 122 Å². The summed E-state index contributed by atoms with van der Waals surface area (Å²) in [5.41, 5.74) is 0. The van der Waals surface area contributed by atoms with Crippen molar-refractivity contribution in [2.45, 2.75) is 161 Å². The minimum atomic E-state index is -0.661. The molecular weight excluding hydrogens is 388 g/mol. The molecule has 0 radical (unpaired) electrons. The standard InChI is InChI=1S/C27H52O4/c28-26(29)24-22-20-18-16-14-12-10-8-6-4-2-1-3-5-7-9-11-13-15-17-19-21-23-25-27(30)31/h1-25H2,(H,28,29)(H,30,31). The van der Waals surface area contributed by atoms with Gasteiger partial charge in [-0.25, -0.2) is 0 Å². The largest absolute Gasteiger partial charge is 0.481 e. The Balaban J connectivity index is 3.02. The van der Waals surface area contributed by atoms with Crippen molar-refractivity contribution in [2.24, 2.45) is 0 Å². The summed E-state index contributed by atoms with van der Waals surface area (Å²) < 4.78 is 0. The van der Waals surface area contributed by atoms with Gasteiger partial charge in [-0.05, 0) is 12.8 Å². The molecule has 31 heavy (non-hydrogen) atoms. The monoisotopic (exact) mass is 440 g/mol. The van der Waals surface area contributed by atoms with E-state index in [-0.39, 0.29) is 0 Å². The first-order valence-corrected chi connectivity index (χ1v) is 13.6. The lowest BCUT2D eigenvalue weighted by Gasteiger charge is -2.04. The summed E-state index contributed by atoms with van der Waals surface area (Å²) >= 11 is 0. The number of unbranched alkanes of at least 4 members (excludes halogenated alkanes) is 22. The maximum Gasteiger partial charge on any atom is 0.303 e. The van der Waals surface area contributed by atoms with E-state index in [2.05, 4.69) is 0 Å². The van der Waals surface area contributed by atoms with Gasteiger partial charge in [0.05, 0.1) is 0 Å². The average Bonchev–Trinajstić information content (AvgIpc) is 2.73. The van der Waals surface area contributed by atoms with Gasteiger partial charge < -0.3 is 10.2 Å². The van der Waals surface area contributed by atoms with E-state index in [0.717, 1.165) is 25.7 Å². The van der Waals surface area contributed by atoms with E-state index in [4.69, 9.17) is 10.2 Å². The third-order valence-corrected chi connectivity index (χ3v) is 6.28. The summed E-state index contributed by atoms with van der Waals surface area (Å²) in [6.45, 7) is 0. The fourth-order valence-corrected chi connectivity index (χ4v) is 4.26. The first-order valence-electron chi connectivity index (χ1n) is 13.6. The van der Waals surface area contributed by atoms with Gasteiger partial charge in [0.2, 0.25) is 0 Å². The highest BCUT2D eigenvalue weighted by molar-refractivity contribution is 5.66. The van der Waals surface area contributed by atoms with Crippen LogP contribution in [-0.4, -0.2) is 22.2 Å². The van der Waals surface area contributed by atoms with E-state index in [1.807, 2.05) is 0 Å². The Morgan fingerprint density at radius 2 is 0.419 bits per heavy atom. The second-order valence-electron chi connectivity index (χ2n) is 9.42. The molecule has 0 fully saturated rings. The van der Waals surface area contributed by atoms with Crippen LogP contribution in [0.25, 0.3) is 0 Å². The van der Waals surface area contributed by atoms with E-state index < -0.39 is 11.9 Å². The van der Waals surface area contributed by atoms with Gasteiger partial charge in [-0.2, -0.15) is 0 Å². The number of carboxylic acids is 2. The molecule has 0 bridgehead atoms. The van der Waals surface area contributed by atoms with Crippen LogP contribution in [-0.2, 0) is 9.59 Å². The van der Waals surface area contributed by atoms with Crippen LogP contribution < -0.4 is 0 Å². The zero-order valence-corrected chi connectivity index (χ0v) is 20.4.